The Morgan fingerprint density at radius 1 is 1.44 bits per heavy atom. The molecule has 0 N–H and O–H groups in total. The van der Waals surface area contributed by atoms with Crippen molar-refractivity contribution in [2.75, 3.05) is 0 Å². The molecule has 0 aliphatic heterocycles. The van der Waals surface area contributed by atoms with Crippen LogP contribution in [0.2, 0.25) is 5.02 Å². The van der Waals surface area contributed by atoms with Gasteiger partial charge >= 0.3 is 0 Å². The number of halogens is 2. The Balaban J connectivity index is 2.16. The highest BCUT2D eigenvalue weighted by Gasteiger charge is 2.38. The van der Waals surface area contributed by atoms with E-state index in [1.165, 1.54) is 12.8 Å². The molecule has 1 aliphatic carbocycles. The highest BCUT2D eigenvalue weighted by molar-refractivity contribution is 6.31. The summed E-state index contributed by atoms with van der Waals surface area (Å²) in [5.74, 6) is 0.946. The molecule has 96 valence electrons. The summed E-state index contributed by atoms with van der Waals surface area (Å²) in [4.78, 5) is 4.64. The second-order valence-corrected chi connectivity index (χ2v) is 6.71. The van der Waals surface area contributed by atoms with Crippen molar-refractivity contribution in [2.45, 2.75) is 38.6 Å². The molecular formula is C14H16Cl2N2. The Morgan fingerprint density at radius 2 is 2.17 bits per heavy atom. The van der Waals surface area contributed by atoms with Gasteiger partial charge in [-0.25, -0.2) is 4.98 Å². The predicted octanol–water partition coefficient (Wildman–Crippen LogP) is 4.79. The van der Waals surface area contributed by atoms with Gasteiger partial charge in [0.05, 0.1) is 16.4 Å². The summed E-state index contributed by atoms with van der Waals surface area (Å²) in [7, 11) is 0. The molecule has 0 amide bonds. The molecule has 1 aliphatic rings. The fourth-order valence-electron chi connectivity index (χ4n) is 2.34. The third kappa shape index (κ3) is 2.12. The Morgan fingerprint density at radius 3 is 2.78 bits per heavy atom. The van der Waals surface area contributed by atoms with E-state index in [0.717, 1.165) is 28.4 Å². The zero-order valence-electron chi connectivity index (χ0n) is 10.6. The van der Waals surface area contributed by atoms with Gasteiger partial charge < -0.3 is 4.57 Å². The van der Waals surface area contributed by atoms with Crippen LogP contribution >= 0.6 is 23.2 Å². The first-order chi connectivity index (χ1) is 8.48. The predicted molar refractivity (Wildman–Crippen MR) is 76.4 cm³/mol. The van der Waals surface area contributed by atoms with Gasteiger partial charge in [0.15, 0.2) is 0 Å². The lowest BCUT2D eigenvalue weighted by molar-refractivity contribution is 0.461. The minimum Gasteiger partial charge on any atom is -0.326 e. The maximum absolute atomic E-state index is 6.25. The second-order valence-electron chi connectivity index (χ2n) is 5.62. The molecule has 1 aromatic carbocycles. The lowest BCUT2D eigenvalue weighted by atomic mass is 10.1. The number of imidazole rings is 1. The van der Waals surface area contributed by atoms with E-state index in [-0.39, 0.29) is 5.38 Å². The summed E-state index contributed by atoms with van der Waals surface area (Å²) in [5.41, 5.74) is 2.49. The third-order valence-electron chi connectivity index (χ3n) is 3.74. The highest BCUT2D eigenvalue weighted by Crippen LogP contribution is 2.47. The van der Waals surface area contributed by atoms with Gasteiger partial charge in [0.2, 0.25) is 0 Å². The van der Waals surface area contributed by atoms with Gasteiger partial charge in [0.1, 0.15) is 5.82 Å². The van der Waals surface area contributed by atoms with E-state index in [0.29, 0.717) is 5.41 Å². The van der Waals surface area contributed by atoms with Crippen LogP contribution in [0, 0.1) is 5.41 Å². The second kappa shape index (κ2) is 4.14. The van der Waals surface area contributed by atoms with E-state index in [4.69, 9.17) is 23.2 Å². The van der Waals surface area contributed by atoms with Crippen LogP contribution in [0.15, 0.2) is 18.2 Å². The van der Waals surface area contributed by atoms with Crippen molar-refractivity contribution in [1.82, 2.24) is 9.55 Å². The molecular weight excluding hydrogens is 267 g/mol. The highest BCUT2D eigenvalue weighted by atomic mass is 35.5. The molecule has 0 spiro atoms. The molecule has 1 aromatic heterocycles. The van der Waals surface area contributed by atoms with Crippen molar-refractivity contribution < 1.29 is 0 Å². The number of alkyl halides is 1. The Kier molecular flexibility index (Phi) is 2.83. The van der Waals surface area contributed by atoms with E-state index in [1.807, 2.05) is 25.1 Å². The van der Waals surface area contributed by atoms with Crippen LogP contribution in [0.25, 0.3) is 11.0 Å². The van der Waals surface area contributed by atoms with Gasteiger partial charge in [-0.3, -0.25) is 0 Å². The van der Waals surface area contributed by atoms with Gasteiger partial charge in [-0.15, -0.1) is 11.6 Å². The molecule has 1 unspecified atom stereocenters. The van der Waals surface area contributed by atoms with Gasteiger partial charge in [-0.05, 0) is 43.4 Å². The van der Waals surface area contributed by atoms with Crippen LogP contribution in [-0.4, -0.2) is 9.55 Å². The average Bonchev–Trinajstić information content (AvgIpc) is 2.92. The molecule has 1 saturated carbocycles. The molecule has 4 heteroatoms. The van der Waals surface area contributed by atoms with E-state index in [1.54, 1.807) is 0 Å². The summed E-state index contributed by atoms with van der Waals surface area (Å²) in [6.45, 7) is 5.26. The first-order valence-corrected chi connectivity index (χ1v) is 7.10. The number of nitrogens with zero attached hydrogens (tertiary/aromatic N) is 2. The van der Waals surface area contributed by atoms with Gasteiger partial charge in [0.25, 0.3) is 0 Å². The molecule has 0 radical (unpaired) electrons. The zero-order valence-corrected chi connectivity index (χ0v) is 12.1. The maximum Gasteiger partial charge on any atom is 0.127 e. The number of benzene rings is 1. The number of rotatable bonds is 3. The monoisotopic (exact) mass is 282 g/mol. The molecule has 2 aromatic rings. The molecule has 2 nitrogen and oxygen atoms in total. The number of hydrogen-bond donors (Lipinski definition) is 0. The Bertz CT molecular complexity index is 597. The van der Waals surface area contributed by atoms with Gasteiger partial charge in [0, 0.05) is 11.6 Å². The zero-order chi connectivity index (χ0) is 12.9. The molecule has 1 heterocycles. The van der Waals surface area contributed by atoms with Crippen molar-refractivity contribution in [3.8, 4) is 0 Å². The van der Waals surface area contributed by atoms with Crippen molar-refractivity contribution in [2.24, 2.45) is 5.41 Å². The van der Waals surface area contributed by atoms with E-state index < -0.39 is 0 Å². The van der Waals surface area contributed by atoms with E-state index in [2.05, 4.69) is 16.5 Å². The largest absolute Gasteiger partial charge is 0.326 e. The normalized spacial score (nSPS) is 19.1. The molecule has 3 rings (SSSR count). The Hall–Kier alpha value is -0.730. The summed E-state index contributed by atoms with van der Waals surface area (Å²) < 4.78 is 2.24. The van der Waals surface area contributed by atoms with Crippen LogP contribution in [0.5, 0.6) is 0 Å². The molecule has 0 saturated heterocycles. The van der Waals surface area contributed by atoms with Crippen LogP contribution in [0.1, 0.15) is 37.9 Å². The third-order valence-corrected chi connectivity index (χ3v) is 4.17. The summed E-state index contributed by atoms with van der Waals surface area (Å²) >= 11 is 12.3. The van der Waals surface area contributed by atoms with Crippen molar-refractivity contribution in [1.29, 1.82) is 0 Å². The first kappa shape index (κ1) is 12.3. The first-order valence-electron chi connectivity index (χ1n) is 6.28. The van der Waals surface area contributed by atoms with Crippen LogP contribution < -0.4 is 0 Å². The minimum atomic E-state index is -0.0847. The molecule has 1 atom stereocenters. The van der Waals surface area contributed by atoms with Crippen molar-refractivity contribution >= 4 is 34.2 Å². The molecule has 0 bridgehead atoms. The fraction of sp³-hybridized carbons (Fsp3) is 0.500. The van der Waals surface area contributed by atoms with E-state index >= 15 is 0 Å². The van der Waals surface area contributed by atoms with Crippen LogP contribution in [0.3, 0.4) is 0 Å². The SMILES string of the molecule is CC(Cl)c1nc2ccc(Cl)cc2n1CC1(C)CC1. The van der Waals surface area contributed by atoms with Gasteiger partial charge in [-0.2, -0.15) is 0 Å². The smallest absolute Gasteiger partial charge is 0.127 e. The fourth-order valence-corrected chi connectivity index (χ4v) is 2.67. The quantitative estimate of drug-likeness (QED) is 0.740. The molecule has 1 fully saturated rings. The Labute approximate surface area is 117 Å². The number of hydrogen-bond acceptors (Lipinski definition) is 1. The molecule has 18 heavy (non-hydrogen) atoms. The van der Waals surface area contributed by atoms with E-state index in [9.17, 15) is 0 Å². The summed E-state index contributed by atoms with van der Waals surface area (Å²) in [5, 5.41) is 0.664. The minimum absolute atomic E-state index is 0.0847. The summed E-state index contributed by atoms with van der Waals surface area (Å²) in [6, 6.07) is 5.83. The number of fused-ring (bicyclic) bond motifs is 1. The lowest BCUT2D eigenvalue weighted by Crippen LogP contribution is -2.11. The summed E-state index contributed by atoms with van der Waals surface area (Å²) in [6.07, 6.45) is 2.56. The van der Waals surface area contributed by atoms with Crippen molar-refractivity contribution in [3.63, 3.8) is 0 Å². The maximum atomic E-state index is 6.25. The average molecular weight is 283 g/mol. The lowest BCUT2D eigenvalue weighted by Gasteiger charge is -2.14. The standard InChI is InChI=1S/C14H16Cl2N2/c1-9(15)13-17-11-4-3-10(16)7-12(11)18(13)8-14(2)5-6-14/h3-4,7,9H,5-6,8H2,1-2H3. The van der Waals surface area contributed by atoms with Crippen LogP contribution in [-0.2, 0) is 6.54 Å². The topological polar surface area (TPSA) is 17.8 Å². The number of aromatic nitrogens is 2. The van der Waals surface area contributed by atoms with Gasteiger partial charge in [-0.1, -0.05) is 18.5 Å². The van der Waals surface area contributed by atoms with Crippen molar-refractivity contribution in [3.05, 3.63) is 29.0 Å². The van der Waals surface area contributed by atoms with Crippen LogP contribution in [0.4, 0.5) is 0 Å².